The van der Waals surface area contributed by atoms with Crippen molar-refractivity contribution < 1.29 is 9.90 Å². The van der Waals surface area contributed by atoms with Crippen LogP contribution in [0.2, 0.25) is 0 Å². The number of carboxylic acids is 1. The van der Waals surface area contributed by atoms with Crippen LogP contribution in [0, 0.1) is 0 Å². The molecule has 0 aromatic rings. The van der Waals surface area contributed by atoms with Crippen molar-refractivity contribution in [3.63, 3.8) is 0 Å². The number of rotatable bonds is 7. The molecular formula is C13H22N2O2. The van der Waals surface area contributed by atoms with Crippen molar-refractivity contribution in [3.8, 4) is 0 Å². The average molecular weight is 238 g/mol. The minimum Gasteiger partial charge on any atom is -0.480 e. The molecule has 4 heteroatoms. The summed E-state index contributed by atoms with van der Waals surface area (Å²) in [7, 11) is 0. The summed E-state index contributed by atoms with van der Waals surface area (Å²) in [6.45, 7) is 5.75. The van der Waals surface area contributed by atoms with Crippen molar-refractivity contribution in [2.24, 2.45) is 0 Å². The molecule has 0 amide bonds. The normalized spacial score (nSPS) is 23.3. The monoisotopic (exact) mass is 238 g/mol. The number of nitrogens with one attached hydrogen (secondary N) is 2. The number of hydrogen-bond donors (Lipinski definition) is 3. The molecule has 0 saturated heterocycles. The molecule has 1 aliphatic carbocycles. The number of hydrogen-bond acceptors (Lipinski definition) is 3. The third kappa shape index (κ3) is 3.60. The summed E-state index contributed by atoms with van der Waals surface area (Å²) >= 11 is 0. The molecular weight excluding hydrogens is 216 g/mol. The lowest BCUT2D eigenvalue weighted by molar-refractivity contribution is -0.142. The molecule has 4 nitrogen and oxygen atoms in total. The van der Waals surface area contributed by atoms with E-state index in [0.29, 0.717) is 13.0 Å². The summed E-state index contributed by atoms with van der Waals surface area (Å²) in [6, 6.07) is 0. The highest BCUT2D eigenvalue weighted by Crippen LogP contribution is 2.20. The maximum absolute atomic E-state index is 11.3. The van der Waals surface area contributed by atoms with Crippen molar-refractivity contribution in [2.75, 3.05) is 13.1 Å². The van der Waals surface area contributed by atoms with E-state index in [1.807, 2.05) is 19.1 Å². The van der Waals surface area contributed by atoms with Gasteiger partial charge in [0.1, 0.15) is 5.54 Å². The van der Waals surface area contributed by atoms with Crippen molar-refractivity contribution >= 4 is 5.97 Å². The van der Waals surface area contributed by atoms with Gasteiger partial charge in [-0.15, -0.1) is 0 Å². The van der Waals surface area contributed by atoms with Crippen LogP contribution in [-0.4, -0.2) is 29.7 Å². The van der Waals surface area contributed by atoms with Crippen molar-refractivity contribution in [1.82, 2.24) is 10.6 Å². The second-order valence-corrected chi connectivity index (χ2v) is 4.33. The van der Waals surface area contributed by atoms with E-state index < -0.39 is 11.5 Å². The Balaban J connectivity index is 2.64. The van der Waals surface area contributed by atoms with E-state index in [0.717, 1.165) is 25.1 Å². The number of carboxylic acid groups (broad SMARTS) is 1. The highest BCUT2D eigenvalue weighted by atomic mass is 16.4. The van der Waals surface area contributed by atoms with E-state index in [1.165, 1.54) is 0 Å². The lowest BCUT2D eigenvalue weighted by atomic mass is 9.90. The summed E-state index contributed by atoms with van der Waals surface area (Å²) < 4.78 is 0. The van der Waals surface area contributed by atoms with Gasteiger partial charge < -0.3 is 10.4 Å². The summed E-state index contributed by atoms with van der Waals surface area (Å²) in [4.78, 5) is 11.3. The molecule has 3 N–H and O–H groups in total. The predicted octanol–water partition coefficient (Wildman–Crippen LogP) is 1.65. The zero-order valence-electron chi connectivity index (χ0n) is 10.6. The Morgan fingerprint density at radius 2 is 2.12 bits per heavy atom. The first-order chi connectivity index (χ1) is 8.14. The summed E-state index contributed by atoms with van der Waals surface area (Å²) in [5.41, 5.74) is 0.0926. The first-order valence-electron chi connectivity index (χ1n) is 6.26. The van der Waals surface area contributed by atoms with Gasteiger partial charge in [-0.05, 0) is 25.5 Å². The van der Waals surface area contributed by atoms with Gasteiger partial charge in [-0.2, -0.15) is 0 Å². The smallest absolute Gasteiger partial charge is 0.328 e. The molecule has 96 valence electrons. The predicted molar refractivity (Wildman–Crippen MR) is 68.8 cm³/mol. The lowest BCUT2D eigenvalue weighted by Gasteiger charge is -2.29. The molecule has 0 saturated carbocycles. The fraction of sp³-hybridized carbons (Fsp3) is 0.615. The molecule has 17 heavy (non-hydrogen) atoms. The lowest BCUT2D eigenvalue weighted by Crippen LogP contribution is -2.51. The van der Waals surface area contributed by atoms with Gasteiger partial charge in [0.25, 0.3) is 0 Å². The second-order valence-electron chi connectivity index (χ2n) is 4.33. The second kappa shape index (κ2) is 6.45. The van der Waals surface area contributed by atoms with Crippen molar-refractivity contribution in [1.29, 1.82) is 0 Å². The molecule has 0 radical (unpaired) electrons. The Morgan fingerprint density at radius 1 is 1.41 bits per heavy atom. The van der Waals surface area contributed by atoms with Gasteiger partial charge in [-0.3, -0.25) is 5.32 Å². The summed E-state index contributed by atoms with van der Waals surface area (Å²) in [5, 5.41) is 15.7. The van der Waals surface area contributed by atoms with Gasteiger partial charge in [-0.25, -0.2) is 4.79 Å². The Bertz CT molecular complexity index is 323. The highest BCUT2D eigenvalue weighted by Gasteiger charge is 2.35. The summed E-state index contributed by atoms with van der Waals surface area (Å²) in [6.07, 6.45) is 8.03. The SMILES string of the molecule is CCCNC1=CCC(NCCC)(C(=O)O)C=C1. The van der Waals surface area contributed by atoms with Gasteiger partial charge in [0.2, 0.25) is 0 Å². The van der Waals surface area contributed by atoms with Gasteiger partial charge in [0.05, 0.1) is 0 Å². The molecule has 0 aromatic heterocycles. The van der Waals surface area contributed by atoms with Crippen LogP contribution in [0.15, 0.2) is 23.9 Å². The summed E-state index contributed by atoms with van der Waals surface area (Å²) in [5.74, 6) is -0.812. The standard InChI is InChI=1S/C13H22N2O2/c1-3-9-14-11-5-7-13(8-6-11,12(16)17)15-10-4-2/h5-7,14-15H,3-4,8-10H2,1-2H3,(H,16,17). The first kappa shape index (κ1) is 13.8. The van der Waals surface area contributed by atoms with Crippen molar-refractivity contribution in [3.05, 3.63) is 23.9 Å². The molecule has 0 bridgehead atoms. The van der Waals surface area contributed by atoms with Crippen LogP contribution < -0.4 is 10.6 Å². The quantitative estimate of drug-likeness (QED) is 0.631. The molecule has 0 aromatic carbocycles. The molecule has 1 aliphatic rings. The van der Waals surface area contributed by atoms with Crippen LogP contribution in [0.25, 0.3) is 0 Å². The van der Waals surface area contributed by atoms with Gasteiger partial charge in [-0.1, -0.05) is 26.0 Å². The molecule has 0 aliphatic heterocycles. The third-order valence-electron chi connectivity index (χ3n) is 2.84. The molecule has 0 spiro atoms. The van der Waals surface area contributed by atoms with Crippen LogP contribution in [0.1, 0.15) is 33.1 Å². The Morgan fingerprint density at radius 3 is 2.59 bits per heavy atom. The zero-order chi connectivity index (χ0) is 12.7. The molecule has 1 rings (SSSR count). The van der Waals surface area contributed by atoms with Crippen molar-refractivity contribution in [2.45, 2.75) is 38.6 Å². The van der Waals surface area contributed by atoms with E-state index in [9.17, 15) is 9.90 Å². The maximum Gasteiger partial charge on any atom is 0.328 e. The number of aliphatic carboxylic acids is 1. The van der Waals surface area contributed by atoms with Gasteiger partial charge in [0.15, 0.2) is 0 Å². The largest absolute Gasteiger partial charge is 0.480 e. The van der Waals surface area contributed by atoms with Crippen LogP contribution in [0.5, 0.6) is 0 Å². The Hall–Kier alpha value is -1.29. The minimum absolute atomic E-state index is 0.491. The Labute approximate surface area is 103 Å². The van der Waals surface area contributed by atoms with Gasteiger partial charge >= 0.3 is 5.97 Å². The number of carbonyl (C=O) groups is 1. The third-order valence-corrected chi connectivity index (χ3v) is 2.84. The zero-order valence-corrected chi connectivity index (χ0v) is 10.6. The van der Waals surface area contributed by atoms with Crippen LogP contribution in [-0.2, 0) is 4.79 Å². The van der Waals surface area contributed by atoms with Crippen LogP contribution >= 0.6 is 0 Å². The van der Waals surface area contributed by atoms with Gasteiger partial charge in [0, 0.05) is 18.7 Å². The van der Waals surface area contributed by atoms with Crippen LogP contribution in [0.3, 0.4) is 0 Å². The molecule has 0 heterocycles. The average Bonchev–Trinajstić information content (AvgIpc) is 2.35. The molecule has 1 atom stereocenters. The first-order valence-corrected chi connectivity index (χ1v) is 6.26. The highest BCUT2D eigenvalue weighted by molar-refractivity contribution is 5.82. The fourth-order valence-corrected chi connectivity index (χ4v) is 1.75. The number of allylic oxidation sites excluding steroid dienone is 1. The topological polar surface area (TPSA) is 61.4 Å². The van der Waals surface area contributed by atoms with E-state index in [-0.39, 0.29) is 0 Å². The maximum atomic E-state index is 11.3. The van der Waals surface area contributed by atoms with Crippen LogP contribution in [0.4, 0.5) is 0 Å². The molecule has 0 fully saturated rings. The van der Waals surface area contributed by atoms with E-state index in [4.69, 9.17) is 0 Å². The minimum atomic E-state index is -0.923. The fourth-order valence-electron chi connectivity index (χ4n) is 1.75. The van der Waals surface area contributed by atoms with E-state index in [1.54, 1.807) is 6.08 Å². The van der Waals surface area contributed by atoms with E-state index in [2.05, 4.69) is 17.6 Å². The van der Waals surface area contributed by atoms with E-state index >= 15 is 0 Å². The molecule has 1 unspecified atom stereocenters. The Kier molecular flexibility index (Phi) is 5.22.